The Kier molecular flexibility index (Phi) is 4.55. The SMILES string of the molecule is CCCN(CC(=O)OC)C(=O)c1cc2sccc2s1. The molecule has 2 rings (SSSR count). The van der Waals surface area contributed by atoms with Crippen LogP contribution in [0.25, 0.3) is 9.40 Å². The van der Waals surface area contributed by atoms with Crippen LogP contribution in [0.3, 0.4) is 0 Å². The van der Waals surface area contributed by atoms with Crippen LogP contribution >= 0.6 is 22.7 Å². The van der Waals surface area contributed by atoms with Gasteiger partial charge in [0.15, 0.2) is 0 Å². The summed E-state index contributed by atoms with van der Waals surface area (Å²) in [7, 11) is 1.33. The van der Waals surface area contributed by atoms with E-state index < -0.39 is 0 Å². The first kappa shape index (κ1) is 14.0. The zero-order valence-corrected chi connectivity index (χ0v) is 12.5. The van der Waals surface area contributed by atoms with Gasteiger partial charge in [0.1, 0.15) is 6.54 Å². The highest BCUT2D eigenvalue weighted by molar-refractivity contribution is 7.27. The lowest BCUT2D eigenvalue weighted by Gasteiger charge is -2.19. The van der Waals surface area contributed by atoms with Gasteiger partial charge < -0.3 is 9.64 Å². The van der Waals surface area contributed by atoms with E-state index in [1.807, 2.05) is 24.4 Å². The van der Waals surface area contributed by atoms with Crippen LogP contribution in [0.15, 0.2) is 17.5 Å². The maximum absolute atomic E-state index is 12.4. The van der Waals surface area contributed by atoms with E-state index in [-0.39, 0.29) is 18.4 Å². The Labute approximate surface area is 119 Å². The van der Waals surface area contributed by atoms with Crippen molar-refractivity contribution in [3.8, 4) is 0 Å². The molecule has 102 valence electrons. The number of ether oxygens (including phenoxy) is 1. The molecular weight excluding hydrogens is 282 g/mol. The van der Waals surface area contributed by atoms with Crippen molar-refractivity contribution in [2.24, 2.45) is 0 Å². The normalized spacial score (nSPS) is 10.6. The van der Waals surface area contributed by atoms with E-state index in [2.05, 4.69) is 4.74 Å². The Bertz CT molecular complexity index is 559. The Balaban J connectivity index is 2.18. The summed E-state index contributed by atoms with van der Waals surface area (Å²) in [6.07, 6.45) is 0.808. The zero-order chi connectivity index (χ0) is 13.8. The van der Waals surface area contributed by atoms with E-state index >= 15 is 0 Å². The molecule has 2 aromatic heterocycles. The lowest BCUT2D eigenvalue weighted by molar-refractivity contribution is -0.141. The van der Waals surface area contributed by atoms with E-state index in [4.69, 9.17) is 0 Å². The van der Waals surface area contributed by atoms with Crippen molar-refractivity contribution < 1.29 is 14.3 Å². The number of hydrogen-bond donors (Lipinski definition) is 0. The van der Waals surface area contributed by atoms with Gasteiger partial charge in [-0.2, -0.15) is 0 Å². The summed E-state index contributed by atoms with van der Waals surface area (Å²) >= 11 is 3.09. The van der Waals surface area contributed by atoms with Gasteiger partial charge in [-0.25, -0.2) is 0 Å². The number of fused-ring (bicyclic) bond motifs is 1. The van der Waals surface area contributed by atoms with Gasteiger partial charge in [-0.1, -0.05) is 6.92 Å². The minimum absolute atomic E-state index is 0.00865. The van der Waals surface area contributed by atoms with E-state index in [9.17, 15) is 9.59 Å². The van der Waals surface area contributed by atoms with Crippen molar-refractivity contribution in [3.63, 3.8) is 0 Å². The molecule has 0 aliphatic carbocycles. The van der Waals surface area contributed by atoms with Gasteiger partial charge >= 0.3 is 5.97 Å². The van der Waals surface area contributed by atoms with Crippen LogP contribution in [0.2, 0.25) is 0 Å². The fourth-order valence-electron chi connectivity index (χ4n) is 1.77. The Morgan fingerprint density at radius 1 is 1.37 bits per heavy atom. The average molecular weight is 297 g/mol. The highest BCUT2D eigenvalue weighted by Crippen LogP contribution is 2.30. The average Bonchev–Trinajstić information content (AvgIpc) is 2.97. The number of hydrogen-bond acceptors (Lipinski definition) is 5. The Morgan fingerprint density at radius 3 is 2.79 bits per heavy atom. The minimum Gasteiger partial charge on any atom is -0.468 e. The summed E-state index contributed by atoms with van der Waals surface area (Å²) in [6.45, 7) is 2.54. The quantitative estimate of drug-likeness (QED) is 0.797. The number of nitrogens with zero attached hydrogens (tertiary/aromatic N) is 1. The van der Waals surface area contributed by atoms with Crippen LogP contribution < -0.4 is 0 Å². The summed E-state index contributed by atoms with van der Waals surface area (Å²) in [5, 5.41) is 2.01. The molecule has 4 nitrogen and oxygen atoms in total. The van der Waals surface area contributed by atoms with Crippen LogP contribution in [-0.4, -0.2) is 37.0 Å². The largest absolute Gasteiger partial charge is 0.468 e. The molecule has 0 aromatic carbocycles. The number of amides is 1. The van der Waals surface area contributed by atoms with Gasteiger partial charge in [0.2, 0.25) is 0 Å². The Morgan fingerprint density at radius 2 is 2.16 bits per heavy atom. The van der Waals surface area contributed by atoms with E-state index in [0.29, 0.717) is 11.4 Å². The van der Waals surface area contributed by atoms with E-state index in [0.717, 1.165) is 15.8 Å². The third-order valence-corrected chi connectivity index (χ3v) is 4.76. The van der Waals surface area contributed by atoms with Gasteiger partial charge in [0.05, 0.1) is 12.0 Å². The molecule has 0 aliphatic rings. The van der Waals surface area contributed by atoms with Gasteiger partial charge in [0, 0.05) is 15.9 Å². The maximum atomic E-state index is 12.4. The molecule has 0 bridgehead atoms. The van der Waals surface area contributed by atoms with Gasteiger partial charge in [-0.3, -0.25) is 9.59 Å². The number of carbonyl (C=O) groups is 2. The molecule has 0 aliphatic heterocycles. The van der Waals surface area contributed by atoms with Crippen molar-refractivity contribution in [3.05, 3.63) is 22.4 Å². The second-order valence-corrected chi connectivity index (χ2v) is 6.09. The molecule has 0 unspecified atom stereocenters. The molecule has 2 aromatic rings. The molecular formula is C13H15NO3S2. The number of carbonyl (C=O) groups excluding carboxylic acids is 2. The molecule has 0 radical (unpaired) electrons. The molecule has 1 amide bonds. The second kappa shape index (κ2) is 6.16. The molecule has 0 fully saturated rings. The number of rotatable bonds is 5. The van der Waals surface area contributed by atoms with E-state index in [1.165, 1.54) is 18.4 Å². The van der Waals surface area contributed by atoms with Crippen LogP contribution in [0.5, 0.6) is 0 Å². The van der Waals surface area contributed by atoms with Crippen molar-refractivity contribution in [2.75, 3.05) is 20.2 Å². The highest BCUT2D eigenvalue weighted by atomic mass is 32.1. The zero-order valence-electron chi connectivity index (χ0n) is 10.8. The van der Waals surface area contributed by atoms with E-state index in [1.54, 1.807) is 16.2 Å². The summed E-state index contributed by atoms with van der Waals surface area (Å²) in [5.41, 5.74) is 0. The predicted octanol–water partition coefficient (Wildman–Crippen LogP) is 2.99. The van der Waals surface area contributed by atoms with Crippen LogP contribution in [0.4, 0.5) is 0 Å². The van der Waals surface area contributed by atoms with Crippen molar-refractivity contribution in [1.82, 2.24) is 4.90 Å². The van der Waals surface area contributed by atoms with Gasteiger partial charge in [-0.05, 0) is 23.9 Å². The molecule has 6 heteroatoms. The van der Waals surface area contributed by atoms with Gasteiger partial charge in [0.25, 0.3) is 5.91 Å². The maximum Gasteiger partial charge on any atom is 0.325 e. The first-order chi connectivity index (χ1) is 9.15. The monoisotopic (exact) mass is 297 g/mol. The summed E-state index contributed by atoms with van der Waals surface area (Å²) in [5.74, 6) is -0.485. The Hall–Kier alpha value is -1.40. The van der Waals surface area contributed by atoms with Crippen LogP contribution in [0.1, 0.15) is 23.0 Å². The topological polar surface area (TPSA) is 46.6 Å². The standard InChI is InChI=1S/C13H15NO3S2/c1-3-5-14(8-12(15)17-2)13(16)11-7-10-9(19-11)4-6-18-10/h4,6-7H,3,5,8H2,1-2H3. The lowest BCUT2D eigenvalue weighted by atomic mass is 10.3. The van der Waals surface area contributed by atoms with Crippen molar-refractivity contribution >= 4 is 43.9 Å². The van der Waals surface area contributed by atoms with Crippen LogP contribution in [-0.2, 0) is 9.53 Å². The smallest absolute Gasteiger partial charge is 0.325 e. The number of thiophene rings is 2. The molecule has 0 saturated carbocycles. The predicted molar refractivity (Wildman–Crippen MR) is 77.9 cm³/mol. The fourth-order valence-corrected chi connectivity index (χ4v) is 3.85. The highest BCUT2D eigenvalue weighted by Gasteiger charge is 2.20. The van der Waals surface area contributed by atoms with Gasteiger partial charge in [-0.15, -0.1) is 22.7 Å². The molecule has 19 heavy (non-hydrogen) atoms. The van der Waals surface area contributed by atoms with Crippen molar-refractivity contribution in [1.29, 1.82) is 0 Å². The molecule has 0 spiro atoms. The third kappa shape index (κ3) is 3.13. The summed E-state index contributed by atoms with van der Waals surface area (Å²) in [6, 6.07) is 3.90. The number of esters is 1. The first-order valence-corrected chi connectivity index (χ1v) is 7.68. The van der Waals surface area contributed by atoms with Crippen molar-refractivity contribution in [2.45, 2.75) is 13.3 Å². The first-order valence-electron chi connectivity index (χ1n) is 5.98. The molecule has 0 N–H and O–H groups in total. The summed E-state index contributed by atoms with van der Waals surface area (Å²) in [4.78, 5) is 26.0. The third-order valence-electron chi connectivity index (χ3n) is 2.68. The molecule has 0 atom stereocenters. The fraction of sp³-hybridized carbons (Fsp3) is 0.385. The molecule has 2 heterocycles. The van der Waals surface area contributed by atoms with Crippen LogP contribution in [0, 0.1) is 0 Å². The lowest BCUT2D eigenvalue weighted by Crippen LogP contribution is -2.36. The minimum atomic E-state index is -0.389. The second-order valence-electron chi connectivity index (χ2n) is 4.06. The molecule has 0 saturated heterocycles. The number of methoxy groups -OCH3 is 1. The summed E-state index contributed by atoms with van der Waals surface area (Å²) < 4.78 is 6.86.